The van der Waals surface area contributed by atoms with Crippen LogP contribution in [0.3, 0.4) is 0 Å². The van der Waals surface area contributed by atoms with Crippen LogP contribution in [0.15, 0.2) is 0 Å². The molecule has 0 aromatic heterocycles. The van der Waals surface area contributed by atoms with E-state index in [-0.39, 0.29) is 18.1 Å². The van der Waals surface area contributed by atoms with E-state index < -0.39 is 34.5 Å². The second-order valence-corrected chi connectivity index (χ2v) is 7.00. The Labute approximate surface area is 125 Å². The Morgan fingerprint density at radius 2 is 1.90 bits per heavy atom. The van der Waals surface area contributed by atoms with Gasteiger partial charge in [0, 0.05) is 13.7 Å². The third-order valence-corrected chi connectivity index (χ3v) is 3.96. The molecule has 0 radical (unpaired) electrons. The molecule has 0 aliphatic heterocycles. The van der Waals surface area contributed by atoms with Crippen molar-refractivity contribution in [2.75, 3.05) is 26.0 Å². The molecule has 124 valence electrons. The molecule has 0 saturated heterocycles. The molecule has 0 aliphatic rings. The summed E-state index contributed by atoms with van der Waals surface area (Å²) in [5, 5.41) is 11.3. The summed E-state index contributed by atoms with van der Waals surface area (Å²) < 4.78 is 30.0. The summed E-state index contributed by atoms with van der Waals surface area (Å²) in [5.74, 6) is -1.86. The molecule has 1 atom stereocenters. The van der Waals surface area contributed by atoms with Gasteiger partial charge in [0.15, 0.2) is 0 Å². The Hall–Kier alpha value is -1.19. The molecule has 0 spiro atoms. The van der Waals surface area contributed by atoms with E-state index in [9.17, 15) is 18.0 Å². The topological polar surface area (TPSA) is 122 Å². The number of carbonyl (C=O) groups excluding carboxylic acids is 1. The summed E-state index contributed by atoms with van der Waals surface area (Å²) in [5.41, 5.74) is 0. The highest BCUT2D eigenvalue weighted by molar-refractivity contribution is 7.89. The number of nitrogens with one attached hydrogen (secondary N) is 2. The zero-order valence-corrected chi connectivity index (χ0v) is 13.4. The quantitative estimate of drug-likeness (QED) is 0.443. The van der Waals surface area contributed by atoms with Crippen molar-refractivity contribution in [1.29, 1.82) is 0 Å². The van der Waals surface area contributed by atoms with Gasteiger partial charge in [0.25, 0.3) is 0 Å². The third kappa shape index (κ3) is 10.2. The molecule has 9 heteroatoms. The lowest BCUT2D eigenvalue weighted by Crippen LogP contribution is -2.46. The van der Waals surface area contributed by atoms with Gasteiger partial charge in [-0.1, -0.05) is 13.8 Å². The summed E-state index contributed by atoms with van der Waals surface area (Å²) in [6.45, 7) is 3.50. The fourth-order valence-electron chi connectivity index (χ4n) is 1.58. The van der Waals surface area contributed by atoms with Crippen LogP contribution < -0.4 is 10.0 Å². The van der Waals surface area contributed by atoms with Gasteiger partial charge in [-0.05, 0) is 18.8 Å². The number of sulfonamides is 1. The average molecular weight is 324 g/mol. The SMILES string of the molecule is COCCCS(=O)(=O)NCC(=O)N[C@H](CC(C)C)C(=O)O. The summed E-state index contributed by atoms with van der Waals surface area (Å²) in [7, 11) is -2.10. The Morgan fingerprint density at radius 3 is 2.38 bits per heavy atom. The van der Waals surface area contributed by atoms with Crippen LogP contribution in [0.4, 0.5) is 0 Å². The van der Waals surface area contributed by atoms with Gasteiger partial charge < -0.3 is 15.2 Å². The Bertz CT molecular complexity index is 435. The van der Waals surface area contributed by atoms with Gasteiger partial charge in [0.2, 0.25) is 15.9 Å². The second kappa shape index (κ2) is 9.69. The third-order valence-electron chi connectivity index (χ3n) is 2.55. The summed E-state index contributed by atoms with van der Waals surface area (Å²) in [4.78, 5) is 22.6. The molecule has 0 bridgehead atoms. The van der Waals surface area contributed by atoms with E-state index in [2.05, 4.69) is 10.0 Å². The van der Waals surface area contributed by atoms with E-state index in [1.165, 1.54) is 7.11 Å². The highest BCUT2D eigenvalue weighted by Gasteiger charge is 2.21. The van der Waals surface area contributed by atoms with Gasteiger partial charge in [0.1, 0.15) is 6.04 Å². The number of rotatable bonds is 11. The van der Waals surface area contributed by atoms with Crippen LogP contribution in [0.2, 0.25) is 0 Å². The number of amides is 1. The number of ether oxygens (including phenoxy) is 1. The number of aliphatic carboxylic acids is 1. The van der Waals surface area contributed by atoms with Gasteiger partial charge in [-0.15, -0.1) is 0 Å². The number of carboxylic acids is 1. The van der Waals surface area contributed by atoms with Crippen molar-refractivity contribution in [1.82, 2.24) is 10.0 Å². The molecule has 0 heterocycles. The minimum atomic E-state index is -3.57. The fourth-order valence-corrected chi connectivity index (χ4v) is 2.57. The van der Waals surface area contributed by atoms with Crippen LogP contribution >= 0.6 is 0 Å². The van der Waals surface area contributed by atoms with Crippen LogP contribution in [-0.2, 0) is 24.3 Å². The molecule has 0 unspecified atom stereocenters. The molecular weight excluding hydrogens is 300 g/mol. The lowest BCUT2D eigenvalue weighted by Gasteiger charge is -2.16. The van der Waals surface area contributed by atoms with Crippen molar-refractivity contribution < 1.29 is 27.9 Å². The van der Waals surface area contributed by atoms with Gasteiger partial charge in [-0.2, -0.15) is 0 Å². The number of carboxylic acid groups (broad SMARTS) is 1. The standard InChI is InChI=1S/C12H24N2O6S/c1-9(2)7-10(12(16)17)14-11(15)8-13-21(18,19)6-4-5-20-3/h9-10,13H,4-8H2,1-3H3,(H,14,15)(H,16,17)/t10-/m1/s1. The van der Waals surface area contributed by atoms with Crippen molar-refractivity contribution in [3.63, 3.8) is 0 Å². The molecule has 8 nitrogen and oxygen atoms in total. The van der Waals surface area contributed by atoms with E-state index in [0.717, 1.165) is 0 Å². The zero-order chi connectivity index (χ0) is 16.5. The van der Waals surface area contributed by atoms with Crippen molar-refractivity contribution in [3.05, 3.63) is 0 Å². The number of hydrogen-bond acceptors (Lipinski definition) is 5. The molecule has 21 heavy (non-hydrogen) atoms. The Morgan fingerprint density at radius 1 is 1.29 bits per heavy atom. The number of methoxy groups -OCH3 is 1. The van der Waals surface area contributed by atoms with Gasteiger partial charge in [-0.3, -0.25) is 4.79 Å². The maximum atomic E-state index is 11.6. The van der Waals surface area contributed by atoms with Crippen LogP contribution in [0.25, 0.3) is 0 Å². The van der Waals surface area contributed by atoms with E-state index in [1.54, 1.807) is 0 Å². The van der Waals surface area contributed by atoms with Crippen molar-refractivity contribution in [3.8, 4) is 0 Å². The smallest absolute Gasteiger partial charge is 0.326 e. The lowest BCUT2D eigenvalue weighted by molar-refractivity contribution is -0.142. The van der Waals surface area contributed by atoms with Crippen molar-refractivity contribution in [2.45, 2.75) is 32.7 Å². The number of carbonyl (C=O) groups is 2. The van der Waals surface area contributed by atoms with Crippen molar-refractivity contribution in [2.24, 2.45) is 5.92 Å². The Balaban J connectivity index is 4.26. The first-order valence-corrected chi connectivity index (χ1v) is 8.31. The van der Waals surface area contributed by atoms with E-state index in [0.29, 0.717) is 13.0 Å². The molecule has 0 fully saturated rings. The van der Waals surface area contributed by atoms with Gasteiger partial charge >= 0.3 is 5.97 Å². The molecule has 3 N–H and O–H groups in total. The zero-order valence-electron chi connectivity index (χ0n) is 12.6. The molecule has 0 aromatic carbocycles. The summed E-state index contributed by atoms with van der Waals surface area (Å²) in [6.07, 6.45) is 0.597. The first kappa shape index (κ1) is 19.8. The first-order valence-electron chi connectivity index (χ1n) is 6.66. The number of hydrogen-bond donors (Lipinski definition) is 3. The van der Waals surface area contributed by atoms with Crippen LogP contribution in [-0.4, -0.2) is 57.5 Å². The van der Waals surface area contributed by atoms with Crippen LogP contribution in [0, 0.1) is 5.92 Å². The normalized spacial score (nSPS) is 13.1. The largest absolute Gasteiger partial charge is 0.480 e. The maximum absolute atomic E-state index is 11.6. The lowest BCUT2D eigenvalue weighted by atomic mass is 10.0. The van der Waals surface area contributed by atoms with Crippen LogP contribution in [0.5, 0.6) is 0 Å². The Kier molecular flexibility index (Phi) is 9.14. The predicted octanol–water partition coefficient (Wildman–Crippen LogP) is -0.442. The monoisotopic (exact) mass is 324 g/mol. The summed E-state index contributed by atoms with van der Waals surface area (Å²) >= 11 is 0. The van der Waals surface area contributed by atoms with E-state index >= 15 is 0 Å². The molecular formula is C12H24N2O6S. The minimum Gasteiger partial charge on any atom is -0.480 e. The predicted molar refractivity (Wildman–Crippen MR) is 77.3 cm³/mol. The summed E-state index contributed by atoms with van der Waals surface area (Å²) in [6, 6.07) is -1.02. The molecule has 0 rings (SSSR count). The van der Waals surface area contributed by atoms with Gasteiger partial charge in [-0.25, -0.2) is 17.9 Å². The molecule has 0 saturated carbocycles. The second-order valence-electron chi connectivity index (χ2n) is 5.07. The van der Waals surface area contributed by atoms with Crippen molar-refractivity contribution >= 4 is 21.9 Å². The molecule has 0 aromatic rings. The molecule has 1 amide bonds. The average Bonchev–Trinajstić information content (AvgIpc) is 2.35. The highest BCUT2D eigenvalue weighted by atomic mass is 32.2. The maximum Gasteiger partial charge on any atom is 0.326 e. The fraction of sp³-hybridized carbons (Fsp3) is 0.833. The molecule has 0 aliphatic carbocycles. The van der Waals surface area contributed by atoms with Crippen LogP contribution in [0.1, 0.15) is 26.7 Å². The minimum absolute atomic E-state index is 0.0946. The first-order chi connectivity index (χ1) is 9.68. The van der Waals surface area contributed by atoms with Gasteiger partial charge in [0.05, 0.1) is 12.3 Å². The van der Waals surface area contributed by atoms with E-state index in [4.69, 9.17) is 9.84 Å². The van der Waals surface area contributed by atoms with E-state index in [1.807, 2.05) is 13.8 Å². The highest BCUT2D eigenvalue weighted by Crippen LogP contribution is 2.04.